The fourth-order valence-electron chi connectivity index (χ4n) is 6.18. The van der Waals surface area contributed by atoms with E-state index in [0.717, 1.165) is 11.3 Å². The molecular weight excluding hydrogens is 406 g/mol. The van der Waals surface area contributed by atoms with Crippen molar-refractivity contribution >= 4 is 23.6 Å². The van der Waals surface area contributed by atoms with E-state index in [9.17, 15) is 9.59 Å². The number of hydroxylamine groups is 1. The van der Waals surface area contributed by atoms with Gasteiger partial charge in [-0.3, -0.25) is 19.3 Å². The number of aromatic nitrogens is 2. The first-order valence-corrected chi connectivity index (χ1v) is 10.6. The molecule has 3 aliphatic heterocycles. The van der Waals surface area contributed by atoms with Crippen molar-refractivity contribution in [2.24, 2.45) is 5.41 Å². The highest BCUT2D eigenvalue weighted by atomic mass is 16.7. The number of carbonyl (C=O) groups excluding carboxylic acids is 2. The summed E-state index contributed by atoms with van der Waals surface area (Å²) in [6.45, 7) is 10.3. The largest absolute Gasteiger partial charge is 0.345 e. The molecule has 3 aliphatic rings. The molecule has 1 aromatic heterocycles. The van der Waals surface area contributed by atoms with Gasteiger partial charge in [0.15, 0.2) is 0 Å². The number of aromatic amines is 1. The molecule has 2 aromatic rings. The Kier molecular flexibility index (Phi) is 4.20. The lowest BCUT2D eigenvalue weighted by Gasteiger charge is -2.53. The predicted octanol–water partition coefficient (Wildman–Crippen LogP) is 2.73. The second kappa shape index (κ2) is 6.56. The van der Waals surface area contributed by atoms with E-state index >= 15 is 0 Å². The maximum atomic E-state index is 13.9. The van der Waals surface area contributed by atoms with Gasteiger partial charge in [-0.25, -0.2) is 10.0 Å². The van der Waals surface area contributed by atoms with Crippen LogP contribution in [0.4, 0.5) is 5.69 Å². The molecule has 4 heterocycles. The maximum Gasteiger partial charge on any atom is 0.273 e. The third-order valence-electron chi connectivity index (χ3n) is 7.69. The number of fused-ring (bicyclic) bond motifs is 5. The van der Waals surface area contributed by atoms with Gasteiger partial charge in [0.05, 0.1) is 36.4 Å². The average Bonchev–Trinajstić information content (AvgIpc) is 3.43. The molecule has 0 aliphatic carbocycles. The number of imidazole rings is 1. The van der Waals surface area contributed by atoms with E-state index in [2.05, 4.69) is 41.8 Å². The van der Waals surface area contributed by atoms with Crippen LogP contribution in [0.5, 0.6) is 0 Å². The highest BCUT2D eigenvalue weighted by Crippen LogP contribution is 2.67. The predicted molar refractivity (Wildman–Crippen MR) is 120 cm³/mol. The Morgan fingerprint density at radius 1 is 1.31 bits per heavy atom. The van der Waals surface area contributed by atoms with Gasteiger partial charge in [0.25, 0.3) is 5.91 Å². The molecule has 0 spiro atoms. The number of amides is 2. The molecule has 32 heavy (non-hydrogen) atoms. The smallest absolute Gasteiger partial charge is 0.273 e. The molecule has 2 saturated heterocycles. The van der Waals surface area contributed by atoms with Gasteiger partial charge in [-0.15, -0.1) is 6.58 Å². The number of benzene rings is 1. The normalized spacial score (nSPS) is 30.2. The number of hydrogen-bond donors (Lipinski definition) is 2. The summed E-state index contributed by atoms with van der Waals surface area (Å²) in [6.07, 6.45) is 7.12. The zero-order chi connectivity index (χ0) is 22.9. The molecule has 8 heteroatoms. The molecule has 166 valence electrons. The highest BCUT2D eigenvalue weighted by Gasteiger charge is 2.76. The molecule has 2 N–H and O–H groups in total. The van der Waals surface area contributed by atoms with E-state index in [4.69, 9.17) is 4.84 Å². The number of piperazine rings is 1. The van der Waals surface area contributed by atoms with Gasteiger partial charge in [-0.2, -0.15) is 0 Å². The van der Waals surface area contributed by atoms with Crippen LogP contribution in [0.3, 0.4) is 0 Å². The first-order valence-electron chi connectivity index (χ1n) is 10.6. The van der Waals surface area contributed by atoms with Gasteiger partial charge >= 0.3 is 0 Å². The number of rotatable bonds is 4. The van der Waals surface area contributed by atoms with Gasteiger partial charge in [-0.1, -0.05) is 38.1 Å². The van der Waals surface area contributed by atoms with Crippen molar-refractivity contribution in [2.45, 2.75) is 44.3 Å². The van der Waals surface area contributed by atoms with Crippen LogP contribution in [0.25, 0.3) is 6.08 Å². The molecule has 3 unspecified atom stereocenters. The minimum absolute atomic E-state index is 0.205. The van der Waals surface area contributed by atoms with Crippen LogP contribution in [-0.4, -0.2) is 45.5 Å². The van der Waals surface area contributed by atoms with Crippen molar-refractivity contribution in [1.82, 2.24) is 20.2 Å². The minimum atomic E-state index is -0.963. The number of H-pyrrole nitrogens is 1. The number of anilines is 1. The van der Waals surface area contributed by atoms with Crippen LogP contribution in [0.1, 0.15) is 38.4 Å². The van der Waals surface area contributed by atoms with E-state index in [-0.39, 0.29) is 17.5 Å². The molecule has 1 aromatic carbocycles. The monoisotopic (exact) mass is 433 g/mol. The third kappa shape index (κ3) is 2.22. The summed E-state index contributed by atoms with van der Waals surface area (Å²) >= 11 is 0. The second-order valence-electron chi connectivity index (χ2n) is 9.30. The summed E-state index contributed by atoms with van der Waals surface area (Å²) in [5.41, 5.74) is 0.719. The summed E-state index contributed by atoms with van der Waals surface area (Å²) in [4.78, 5) is 41.8. The summed E-state index contributed by atoms with van der Waals surface area (Å²) < 4.78 is 0. The summed E-state index contributed by atoms with van der Waals surface area (Å²) in [7, 11) is 1.60. The molecule has 5 rings (SSSR count). The number of nitrogens with zero attached hydrogens (tertiary/aromatic N) is 3. The Balaban J connectivity index is 1.76. The van der Waals surface area contributed by atoms with Crippen molar-refractivity contribution in [3.8, 4) is 0 Å². The lowest BCUT2D eigenvalue weighted by molar-refractivity contribution is -0.149. The van der Waals surface area contributed by atoms with Gasteiger partial charge in [0.2, 0.25) is 5.91 Å². The Morgan fingerprint density at radius 2 is 2.06 bits per heavy atom. The molecule has 2 amide bonds. The van der Waals surface area contributed by atoms with Crippen LogP contribution in [0, 0.1) is 5.41 Å². The summed E-state index contributed by atoms with van der Waals surface area (Å²) in [5, 5.41) is 4.61. The van der Waals surface area contributed by atoms with Gasteiger partial charge in [-0.05, 0) is 36.5 Å². The van der Waals surface area contributed by atoms with Gasteiger partial charge in [0.1, 0.15) is 17.4 Å². The Morgan fingerprint density at radius 3 is 2.72 bits per heavy atom. The highest BCUT2D eigenvalue weighted by molar-refractivity contribution is 6.08. The van der Waals surface area contributed by atoms with Crippen LogP contribution in [-0.2, 0) is 19.8 Å². The van der Waals surface area contributed by atoms with E-state index in [1.165, 1.54) is 6.33 Å². The molecule has 8 nitrogen and oxygen atoms in total. The van der Waals surface area contributed by atoms with Gasteiger partial charge in [0, 0.05) is 0 Å². The van der Waals surface area contributed by atoms with Crippen LogP contribution < -0.4 is 10.4 Å². The average molecular weight is 434 g/mol. The second-order valence-corrected chi connectivity index (χ2v) is 9.30. The number of carbonyl (C=O) groups is 2. The van der Waals surface area contributed by atoms with Crippen molar-refractivity contribution in [3.63, 3.8) is 0 Å². The lowest BCUT2D eigenvalue weighted by Crippen LogP contribution is -2.69. The SMILES string of the molecule is C=CC(C)(C)C12CC3C(=O)NC(=Cc4cnc[nH]4)C(=O)N3C1(C)N(OC)c1ccccc12. The topological polar surface area (TPSA) is 90.6 Å². The lowest BCUT2D eigenvalue weighted by atomic mass is 9.56. The maximum absolute atomic E-state index is 13.9. The van der Waals surface area contributed by atoms with Crippen molar-refractivity contribution < 1.29 is 14.4 Å². The molecule has 2 fully saturated rings. The van der Waals surface area contributed by atoms with E-state index in [0.29, 0.717) is 12.1 Å². The molecule has 3 atom stereocenters. The minimum Gasteiger partial charge on any atom is -0.345 e. The number of nitrogens with one attached hydrogen (secondary N) is 2. The zero-order valence-corrected chi connectivity index (χ0v) is 18.7. The third-order valence-corrected chi connectivity index (χ3v) is 7.69. The Bertz CT molecular complexity index is 1150. The molecular formula is C24H27N5O3. The standard InChI is InChI=1S/C24H27N5O3/c1-6-22(2,3)24-12-19-20(30)27-17(11-15-13-25-14-26-15)21(31)28(19)23(24,4)29(32-5)18-10-8-7-9-16(18)24/h6-11,13-14,19H,1,12H2,2-5H3,(H,25,26)(H,27,30). The molecule has 0 saturated carbocycles. The van der Waals surface area contributed by atoms with Crippen LogP contribution in [0.15, 0.2) is 55.1 Å². The number of allylic oxidation sites excluding steroid dienone is 1. The molecule has 0 bridgehead atoms. The van der Waals surface area contributed by atoms with Gasteiger partial charge < -0.3 is 10.3 Å². The Hall–Kier alpha value is -3.39. The quantitative estimate of drug-likeness (QED) is 0.572. The fourth-order valence-corrected chi connectivity index (χ4v) is 6.18. The van der Waals surface area contributed by atoms with E-state index in [1.54, 1.807) is 29.3 Å². The van der Waals surface area contributed by atoms with Crippen molar-refractivity contribution in [1.29, 1.82) is 0 Å². The Labute approximate surface area is 186 Å². The first-order chi connectivity index (χ1) is 15.2. The number of hydrogen-bond acceptors (Lipinski definition) is 5. The van der Waals surface area contributed by atoms with E-state index in [1.807, 2.05) is 31.2 Å². The molecule has 0 radical (unpaired) electrons. The fraction of sp³-hybridized carbons (Fsp3) is 0.375. The van der Waals surface area contributed by atoms with Crippen molar-refractivity contribution in [2.75, 3.05) is 12.2 Å². The van der Waals surface area contributed by atoms with Crippen LogP contribution >= 0.6 is 0 Å². The van der Waals surface area contributed by atoms with Crippen LogP contribution in [0.2, 0.25) is 0 Å². The number of para-hydroxylation sites is 1. The zero-order valence-electron chi connectivity index (χ0n) is 18.7. The van der Waals surface area contributed by atoms with E-state index < -0.39 is 22.5 Å². The van der Waals surface area contributed by atoms with Crippen molar-refractivity contribution in [3.05, 3.63) is 66.4 Å². The first kappa shape index (κ1) is 20.5. The summed E-state index contributed by atoms with van der Waals surface area (Å²) in [5.74, 6) is -0.470. The summed E-state index contributed by atoms with van der Waals surface area (Å²) in [6, 6.07) is 7.36.